The van der Waals surface area contributed by atoms with Crippen molar-refractivity contribution in [3.8, 4) is 0 Å². The summed E-state index contributed by atoms with van der Waals surface area (Å²) in [6, 6.07) is 6.04. The van der Waals surface area contributed by atoms with Gasteiger partial charge >= 0.3 is 0 Å². The van der Waals surface area contributed by atoms with Gasteiger partial charge in [0.05, 0.1) is 6.10 Å². The summed E-state index contributed by atoms with van der Waals surface area (Å²) < 4.78 is 0. The van der Waals surface area contributed by atoms with Gasteiger partial charge < -0.3 is 10.0 Å². The van der Waals surface area contributed by atoms with E-state index in [1.165, 1.54) is 5.56 Å². The van der Waals surface area contributed by atoms with E-state index >= 15 is 0 Å². The Morgan fingerprint density at radius 3 is 2.94 bits per heavy atom. The Balaban J connectivity index is 1.90. The summed E-state index contributed by atoms with van der Waals surface area (Å²) in [7, 11) is 0. The van der Waals surface area contributed by atoms with Crippen LogP contribution in [0.15, 0.2) is 18.2 Å². The molecule has 0 radical (unpaired) electrons. The van der Waals surface area contributed by atoms with Crippen LogP contribution < -0.4 is 4.90 Å². The maximum absolute atomic E-state index is 11.5. The van der Waals surface area contributed by atoms with Crippen LogP contribution >= 0.6 is 0 Å². The lowest BCUT2D eigenvalue weighted by molar-refractivity contribution is 0.0994. The molecular weight excluding hydrogens is 202 g/mol. The molecule has 1 fully saturated rings. The highest BCUT2D eigenvalue weighted by Gasteiger charge is 2.23. The Morgan fingerprint density at radius 1 is 1.31 bits per heavy atom. The number of aliphatic hydroxyl groups is 1. The molecule has 1 aliphatic heterocycles. The predicted molar refractivity (Wildman–Crippen MR) is 61.9 cm³/mol. The van der Waals surface area contributed by atoms with Crippen LogP contribution in [0.3, 0.4) is 0 Å². The van der Waals surface area contributed by atoms with E-state index in [0.29, 0.717) is 13.0 Å². The number of fused-ring (bicyclic) bond motifs is 1. The van der Waals surface area contributed by atoms with Crippen molar-refractivity contribution in [3.05, 3.63) is 29.3 Å². The quantitative estimate of drug-likeness (QED) is 0.772. The second-order valence-electron chi connectivity index (χ2n) is 4.65. The van der Waals surface area contributed by atoms with Gasteiger partial charge in [-0.25, -0.2) is 0 Å². The standard InChI is InChI=1S/C13H15NO2/c15-11-5-6-14(8-11)10-2-3-12-9(7-10)1-4-13(12)16/h2-3,7,11,15H,1,4-6,8H2/t11-/m1/s1. The molecule has 3 heteroatoms. The largest absolute Gasteiger partial charge is 0.391 e. The normalized spacial score (nSPS) is 23.9. The number of nitrogens with zero attached hydrogens (tertiary/aromatic N) is 1. The molecule has 84 valence electrons. The number of aryl methyl sites for hydroxylation is 1. The molecule has 0 aromatic heterocycles. The van der Waals surface area contributed by atoms with Crippen molar-refractivity contribution in [2.24, 2.45) is 0 Å². The zero-order valence-corrected chi connectivity index (χ0v) is 9.15. The van der Waals surface area contributed by atoms with E-state index in [9.17, 15) is 9.90 Å². The maximum Gasteiger partial charge on any atom is 0.163 e. The first kappa shape index (κ1) is 9.85. The molecule has 1 aromatic carbocycles. The fraction of sp³-hybridized carbons (Fsp3) is 0.462. The van der Waals surface area contributed by atoms with Crippen LogP contribution in [0.25, 0.3) is 0 Å². The Labute approximate surface area is 94.7 Å². The molecule has 1 heterocycles. The fourth-order valence-corrected chi connectivity index (χ4v) is 2.61. The molecule has 1 atom stereocenters. The Bertz CT molecular complexity index is 442. The lowest BCUT2D eigenvalue weighted by atomic mass is 10.1. The summed E-state index contributed by atoms with van der Waals surface area (Å²) >= 11 is 0. The van der Waals surface area contributed by atoms with E-state index in [2.05, 4.69) is 11.0 Å². The number of hydrogen-bond acceptors (Lipinski definition) is 3. The number of benzene rings is 1. The summed E-state index contributed by atoms with van der Waals surface area (Å²) in [6.07, 6.45) is 2.17. The third-order valence-electron chi connectivity index (χ3n) is 3.54. The van der Waals surface area contributed by atoms with Gasteiger partial charge in [0.15, 0.2) is 5.78 Å². The van der Waals surface area contributed by atoms with Crippen LogP contribution in [0.5, 0.6) is 0 Å². The van der Waals surface area contributed by atoms with Crippen LogP contribution in [-0.2, 0) is 6.42 Å². The maximum atomic E-state index is 11.5. The molecule has 3 nitrogen and oxygen atoms in total. The fourth-order valence-electron chi connectivity index (χ4n) is 2.61. The van der Waals surface area contributed by atoms with Gasteiger partial charge in [0, 0.05) is 30.8 Å². The zero-order valence-electron chi connectivity index (χ0n) is 9.15. The summed E-state index contributed by atoms with van der Waals surface area (Å²) in [4.78, 5) is 13.7. The number of carbonyl (C=O) groups excluding carboxylic acids is 1. The Hall–Kier alpha value is -1.35. The molecule has 2 aliphatic rings. The SMILES string of the molecule is O=C1CCc2cc(N3CC[C@@H](O)C3)ccc21. The molecule has 0 spiro atoms. The van der Waals surface area contributed by atoms with Gasteiger partial charge in [0.2, 0.25) is 0 Å². The predicted octanol–water partition coefficient (Wildman–Crippen LogP) is 1.39. The minimum atomic E-state index is -0.199. The number of carbonyl (C=O) groups is 1. The van der Waals surface area contributed by atoms with Crippen molar-refractivity contribution in [2.45, 2.75) is 25.4 Å². The molecule has 1 saturated heterocycles. The number of anilines is 1. The summed E-state index contributed by atoms with van der Waals surface area (Å²) in [5, 5.41) is 9.50. The van der Waals surface area contributed by atoms with Crippen molar-refractivity contribution in [3.63, 3.8) is 0 Å². The second kappa shape index (κ2) is 3.59. The van der Waals surface area contributed by atoms with Gasteiger partial charge in [-0.1, -0.05) is 0 Å². The van der Waals surface area contributed by atoms with Gasteiger partial charge in [-0.15, -0.1) is 0 Å². The van der Waals surface area contributed by atoms with Gasteiger partial charge in [-0.05, 0) is 36.6 Å². The third-order valence-corrected chi connectivity index (χ3v) is 3.54. The zero-order chi connectivity index (χ0) is 11.1. The smallest absolute Gasteiger partial charge is 0.163 e. The highest BCUT2D eigenvalue weighted by Crippen LogP contribution is 2.28. The molecule has 0 bridgehead atoms. The monoisotopic (exact) mass is 217 g/mol. The number of hydrogen-bond donors (Lipinski definition) is 1. The number of rotatable bonds is 1. The minimum absolute atomic E-state index is 0.199. The number of aliphatic hydroxyl groups excluding tert-OH is 1. The average molecular weight is 217 g/mol. The molecule has 16 heavy (non-hydrogen) atoms. The van der Waals surface area contributed by atoms with Gasteiger partial charge in [0.1, 0.15) is 0 Å². The molecule has 3 rings (SSSR count). The minimum Gasteiger partial charge on any atom is -0.391 e. The Kier molecular flexibility index (Phi) is 2.21. The summed E-state index contributed by atoms with van der Waals surface area (Å²) in [5.41, 5.74) is 3.21. The van der Waals surface area contributed by atoms with Gasteiger partial charge in [0.25, 0.3) is 0 Å². The first-order valence-corrected chi connectivity index (χ1v) is 5.83. The van der Waals surface area contributed by atoms with Crippen LogP contribution in [0, 0.1) is 0 Å². The second-order valence-corrected chi connectivity index (χ2v) is 4.65. The summed E-state index contributed by atoms with van der Waals surface area (Å²) in [6.45, 7) is 1.63. The molecule has 0 saturated carbocycles. The van der Waals surface area contributed by atoms with Crippen molar-refractivity contribution in [1.82, 2.24) is 0 Å². The number of β-amino-alcohol motifs (C(OH)–C–C–N with tert-alkyl or cyclic N) is 1. The van der Waals surface area contributed by atoms with E-state index < -0.39 is 0 Å². The van der Waals surface area contributed by atoms with Crippen molar-refractivity contribution in [1.29, 1.82) is 0 Å². The number of Topliss-reactive ketones (excluding diaryl/α,β-unsaturated/α-hetero) is 1. The van der Waals surface area contributed by atoms with E-state index in [1.54, 1.807) is 0 Å². The van der Waals surface area contributed by atoms with E-state index in [0.717, 1.165) is 30.6 Å². The lowest BCUT2D eigenvalue weighted by Gasteiger charge is -2.18. The van der Waals surface area contributed by atoms with E-state index in [1.807, 2.05) is 12.1 Å². The lowest BCUT2D eigenvalue weighted by Crippen LogP contribution is -2.21. The topological polar surface area (TPSA) is 40.5 Å². The number of ketones is 1. The van der Waals surface area contributed by atoms with Crippen LogP contribution in [0.1, 0.15) is 28.8 Å². The first-order chi connectivity index (χ1) is 7.74. The molecule has 1 aromatic rings. The molecule has 0 unspecified atom stereocenters. The average Bonchev–Trinajstić information content (AvgIpc) is 2.86. The first-order valence-electron chi connectivity index (χ1n) is 5.83. The van der Waals surface area contributed by atoms with E-state index in [-0.39, 0.29) is 11.9 Å². The van der Waals surface area contributed by atoms with Crippen LogP contribution in [-0.4, -0.2) is 30.1 Å². The van der Waals surface area contributed by atoms with Crippen molar-refractivity contribution >= 4 is 11.5 Å². The van der Waals surface area contributed by atoms with Gasteiger partial charge in [-0.2, -0.15) is 0 Å². The summed E-state index contributed by atoms with van der Waals surface area (Å²) in [5.74, 6) is 0.267. The third kappa shape index (κ3) is 1.52. The highest BCUT2D eigenvalue weighted by atomic mass is 16.3. The van der Waals surface area contributed by atoms with Crippen LogP contribution in [0.4, 0.5) is 5.69 Å². The molecule has 1 N–H and O–H groups in total. The highest BCUT2D eigenvalue weighted by molar-refractivity contribution is 6.00. The molecular formula is C13H15NO2. The molecule has 1 aliphatic carbocycles. The van der Waals surface area contributed by atoms with Gasteiger partial charge in [-0.3, -0.25) is 4.79 Å². The molecule has 0 amide bonds. The van der Waals surface area contributed by atoms with Crippen LogP contribution in [0.2, 0.25) is 0 Å². The van der Waals surface area contributed by atoms with Crippen molar-refractivity contribution in [2.75, 3.05) is 18.0 Å². The Morgan fingerprint density at radius 2 is 2.19 bits per heavy atom. The van der Waals surface area contributed by atoms with E-state index in [4.69, 9.17) is 0 Å². The van der Waals surface area contributed by atoms with Crippen molar-refractivity contribution < 1.29 is 9.90 Å².